The van der Waals surface area contributed by atoms with E-state index in [4.69, 9.17) is 38.1 Å². The lowest BCUT2D eigenvalue weighted by Gasteiger charge is -2.19. The monoisotopic (exact) mass is 1130 g/mol. The van der Waals surface area contributed by atoms with Crippen molar-refractivity contribution in [3.63, 3.8) is 0 Å². The number of rotatable bonds is 30. The van der Waals surface area contributed by atoms with E-state index in [1.165, 1.54) is 11.1 Å². The second kappa shape index (κ2) is 29.4. The van der Waals surface area contributed by atoms with Gasteiger partial charge in [0.05, 0.1) is 64.4 Å². The molecule has 9 rings (SSSR count). The molecule has 4 N–H and O–H groups in total. The Morgan fingerprint density at radius 2 is 1.36 bits per heavy atom. The lowest BCUT2D eigenvalue weighted by molar-refractivity contribution is -0.122. The highest BCUT2D eigenvalue weighted by Gasteiger charge is 2.24. The molecule has 432 valence electrons. The van der Waals surface area contributed by atoms with Crippen LogP contribution < -0.4 is 40.8 Å². The second-order valence-corrected chi connectivity index (χ2v) is 20.7. The Kier molecular flexibility index (Phi) is 21.0. The molecule has 0 spiro atoms. The van der Waals surface area contributed by atoms with Crippen molar-refractivity contribution < 1.29 is 47.3 Å². The molecule has 3 aliphatic rings. The van der Waals surface area contributed by atoms with E-state index in [0.717, 1.165) is 75.5 Å². The Morgan fingerprint density at radius 3 is 2.08 bits per heavy atom. The predicted molar refractivity (Wildman–Crippen MR) is 323 cm³/mol. The van der Waals surface area contributed by atoms with Gasteiger partial charge >= 0.3 is 0 Å². The summed E-state index contributed by atoms with van der Waals surface area (Å²) in [5, 5.41) is 15.3. The van der Waals surface area contributed by atoms with Crippen LogP contribution in [0.25, 0.3) is 55.7 Å². The fourth-order valence-electron chi connectivity index (χ4n) is 10.00. The highest BCUT2D eigenvalue weighted by molar-refractivity contribution is 6.05. The third kappa shape index (κ3) is 16.1. The third-order valence-corrected chi connectivity index (χ3v) is 14.4. The van der Waals surface area contributed by atoms with Gasteiger partial charge in [0.2, 0.25) is 17.2 Å². The zero-order valence-electron chi connectivity index (χ0n) is 47.7. The molecule has 18 nitrogen and oxygen atoms in total. The quantitative estimate of drug-likeness (QED) is 0.0144. The number of nitrogens with one attached hydrogen (secondary N) is 4. The largest absolute Gasteiger partial charge is 0.456 e. The number of nitrogens with zero attached hydrogens (tertiary/aromatic N) is 4. The van der Waals surface area contributed by atoms with Gasteiger partial charge in [-0.3, -0.25) is 19.2 Å². The molecule has 18 heteroatoms. The van der Waals surface area contributed by atoms with Gasteiger partial charge in [-0.2, -0.15) is 0 Å². The van der Waals surface area contributed by atoms with Crippen LogP contribution in [0.1, 0.15) is 53.6 Å². The number of carbonyl (C=O) groups excluding carboxylic acids is 4. The minimum Gasteiger partial charge on any atom is -0.456 e. The Balaban J connectivity index is 0.582. The lowest BCUT2D eigenvalue weighted by Crippen LogP contribution is -2.27. The molecule has 0 bridgehead atoms. The predicted octanol–water partition coefficient (Wildman–Crippen LogP) is 8.53. The molecule has 0 saturated carbocycles. The van der Waals surface area contributed by atoms with E-state index in [2.05, 4.69) is 45.5 Å². The number of hydrogen-bond acceptors (Lipinski definition) is 14. The van der Waals surface area contributed by atoms with Gasteiger partial charge in [-0.25, -0.2) is 14.5 Å². The minimum atomic E-state index is -0.342. The summed E-state index contributed by atoms with van der Waals surface area (Å²) in [4.78, 5) is 61.9. The Labute approximate surface area is 483 Å². The molecule has 5 aromatic carbocycles. The van der Waals surface area contributed by atoms with Crippen molar-refractivity contribution in [3.05, 3.63) is 149 Å². The standard InChI is InChI=1S/C65H72N8O10/c1-72(2)50-22-25-54-58(41-50)83-59-42-51(73(3)4)23-26-55(59)62(54)53-24-19-47(40-57(53)82-43-74)65(77)67-29-31-79-33-35-81-37-36-80-34-32-78-30-27-60(75)66-28-11-5-6-16-61(76)68-48-20-17-44(18-21-48)63-70-56-15-10-9-14-52(56)64(71-63)69-49-38-45-12-7-8-13-46(45)39-49/h7-10,12-15,17-26,40-43,49H,5-6,11,16,27-39H2,1-4H3,(H3-,66,67,68,69,70,71,75,76,77)/p+1. The summed E-state index contributed by atoms with van der Waals surface area (Å²) in [6, 6.07) is 41.5. The second-order valence-electron chi connectivity index (χ2n) is 20.7. The fraction of sp³-hybridized carbons (Fsp3) is 0.338. The van der Waals surface area contributed by atoms with Crippen molar-refractivity contribution in [1.29, 1.82) is 0 Å². The van der Waals surface area contributed by atoms with Gasteiger partial charge in [-0.1, -0.05) is 42.8 Å². The first-order valence-corrected chi connectivity index (χ1v) is 28.3. The first-order chi connectivity index (χ1) is 40.5. The average Bonchev–Trinajstić information content (AvgIpc) is 3.48. The van der Waals surface area contributed by atoms with Crippen LogP contribution in [0.5, 0.6) is 5.75 Å². The van der Waals surface area contributed by atoms with Gasteiger partial charge in [-0.05, 0) is 110 Å². The SMILES string of the molecule is CN(C)c1ccc2c(-c3ccc(C(=O)NCCOCCOCCOCCOCCC(=O)NCCCCCC(=O)Nc4ccc(-c5nc(NC6Cc7ccccc7C6)c6ccccc6n5)cc4)cc3OC=O)c3ccc(=[N+](C)C)cc-3oc2c1. The highest BCUT2D eigenvalue weighted by atomic mass is 16.6. The Hall–Kier alpha value is -8.55. The normalized spacial score (nSPS) is 12.1. The van der Waals surface area contributed by atoms with Crippen molar-refractivity contribution in [2.45, 2.75) is 51.0 Å². The van der Waals surface area contributed by atoms with E-state index < -0.39 is 0 Å². The van der Waals surface area contributed by atoms with Crippen LogP contribution in [0.4, 0.5) is 17.2 Å². The van der Waals surface area contributed by atoms with Crippen molar-refractivity contribution in [1.82, 2.24) is 25.2 Å². The Morgan fingerprint density at radius 1 is 0.663 bits per heavy atom. The summed E-state index contributed by atoms with van der Waals surface area (Å²) in [5.41, 5.74) is 9.42. The lowest BCUT2D eigenvalue weighted by atomic mass is 9.92. The van der Waals surface area contributed by atoms with Crippen molar-refractivity contribution in [2.75, 3.05) is 110 Å². The fourth-order valence-corrected chi connectivity index (χ4v) is 10.00. The number of unbranched alkanes of at least 4 members (excludes halogenated alkanes) is 2. The molecular weight excluding hydrogens is 1050 g/mol. The van der Waals surface area contributed by atoms with E-state index in [-0.39, 0.29) is 55.7 Å². The smallest absolute Gasteiger partial charge is 0.298 e. The zero-order valence-corrected chi connectivity index (χ0v) is 47.7. The summed E-state index contributed by atoms with van der Waals surface area (Å²) in [5.74, 6) is 1.86. The van der Waals surface area contributed by atoms with Gasteiger partial charge in [0.25, 0.3) is 12.4 Å². The summed E-state index contributed by atoms with van der Waals surface area (Å²) >= 11 is 0. The topological polar surface area (TPSA) is 208 Å². The molecule has 0 radical (unpaired) electrons. The maximum Gasteiger partial charge on any atom is 0.298 e. The molecule has 0 saturated heterocycles. The van der Waals surface area contributed by atoms with Crippen LogP contribution in [0.15, 0.2) is 132 Å². The molecule has 3 amide bonds. The molecule has 2 aliphatic carbocycles. The number of carbonyl (C=O) groups is 4. The van der Waals surface area contributed by atoms with Crippen molar-refractivity contribution in [3.8, 4) is 39.6 Å². The molecule has 0 atom stereocenters. The number of ether oxygens (including phenoxy) is 5. The molecular formula is C65H73N8O10+. The number of amides is 3. The molecule has 0 unspecified atom stereocenters. The number of anilines is 3. The first kappa shape index (κ1) is 59.1. The zero-order chi connectivity index (χ0) is 57.9. The number of hydrogen-bond donors (Lipinski definition) is 4. The molecule has 1 aromatic heterocycles. The van der Waals surface area contributed by atoms with E-state index in [0.29, 0.717) is 99.5 Å². The van der Waals surface area contributed by atoms with Gasteiger partial charge in [-0.15, -0.1) is 0 Å². The van der Waals surface area contributed by atoms with E-state index >= 15 is 0 Å². The molecule has 0 fully saturated rings. The molecule has 83 heavy (non-hydrogen) atoms. The number of aromatic nitrogens is 2. The molecule has 6 aromatic rings. The van der Waals surface area contributed by atoms with Gasteiger partial charge in [0.1, 0.15) is 37.0 Å². The molecule has 2 heterocycles. The van der Waals surface area contributed by atoms with Crippen LogP contribution in [0.3, 0.4) is 0 Å². The number of para-hydroxylation sites is 1. The van der Waals surface area contributed by atoms with Crippen LogP contribution in [-0.2, 0) is 46.2 Å². The van der Waals surface area contributed by atoms with Crippen LogP contribution in [0, 0.1) is 0 Å². The molecule has 1 aliphatic heterocycles. The first-order valence-electron chi connectivity index (χ1n) is 28.3. The van der Waals surface area contributed by atoms with E-state index in [1.807, 2.05) is 123 Å². The summed E-state index contributed by atoms with van der Waals surface area (Å²) in [7, 11) is 7.86. The van der Waals surface area contributed by atoms with E-state index in [1.54, 1.807) is 18.2 Å². The van der Waals surface area contributed by atoms with Crippen molar-refractivity contribution in [2.24, 2.45) is 0 Å². The maximum absolute atomic E-state index is 13.2. The summed E-state index contributed by atoms with van der Waals surface area (Å²) in [6.07, 6.45) is 4.82. The van der Waals surface area contributed by atoms with Gasteiger partial charge in [0, 0.05) is 108 Å². The van der Waals surface area contributed by atoms with Crippen molar-refractivity contribution >= 4 is 63.3 Å². The van der Waals surface area contributed by atoms with Crippen LogP contribution in [-0.4, -0.2) is 134 Å². The van der Waals surface area contributed by atoms with Crippen LogP contribution >= 0.6 is 0 Å². The maximum atomic E-state index is 13.2. The van der Waals surface area contributed by atoms with E-state index in [9.17, 15) is 19.2 Å². The summed E-state index contributed by atoms with van der Waals surface area (Å²) in [6.45, 7) is 3.87. The minimum absolute atomic E-state index is 0.0589. The van der Waals surface area contributed by atoms with Gasteiger partial charge in [0.15, 0.2) is 5.82 Å². The third-order valence-electron chi connectivity index (χ3n) is 14.4. The average molecular weight is 1130 g/mol. The number of fused-ring (bicyclic) bond motifs is 4. The van der Waals surface area contributed by atoms with Crippen LogP contribution in [0.2, 0.25) is 0 Å². The number of benzene rings is 6. The Bertz CT molecular complexity index is 3540. The highest BCUT2D eigenvalue weighted by Crippen LogP contribution is 2.44. The summed E-state index contributed by atoms with van der Waals surface area (Å²) < 4.78 is 36.3. The van der Waals surface area contributed by atoms with Gasteiger partial charge < -0.3 is 54.3 Å².